The molecular formula is C18H18N4O2. The normalized spacial score (nSPS) is 10.8. The van der Waals surface area contributed by atoms with Gasteiger partial charge < -0.3 is 4.74 Å². The van der Waals surface area contributed by atoms with E-state index in [1.165, 1.54) is 4.80 Å². The van der Waals surface area contributed by atoms with E-state index in [2.05, 4.69) is 15.4 Å². The topological polar surface area (TPSA) is 69.9 Å². The fourth-order valence-corrected chi connectivity index (χ4v) is 2.22. The summed E-state index contributed by atoms with van der Waals surface area (Å²) in [6.07, 6.45) is 0.0994. The molecule has 6 heteroatoms. The second kappa shape index (κ2) is 7.04. The third kappa shape index (κ3) is 3.84. The van der Waals surface area contributed by atoms with Crippen molar-refractivity contribution in [3.05, 3.63) is 60.2 Å². The molecule has 0 fully saturated rings. The zero-order valence-corrected chi connectivity index (χ0v) is 13.6. The summed E-state index contributed by atoms with van der Waals surface area (Å²) in [7, 11) is 0. The number of hydrogen-bond donors (Lipinski definition) is 0. The molecule has 0 amide bonds. The van der Waals surface area contributed by atoms with Crippen molar-refractivity contribution >= 4 is 5.78 Å². The number of aromatic nitrogens is 4. The van der Waals surface area contributed by atoms with Crippen molar-refractivity contribution in [3.8, 4) is 17.1 Å². The Morgan fingerprint density at radius 2 is 1.79 bits per heavy atom. The lowest BCUT2D eigenvalue weighted by molar-refractivity contribution is 0.0961. The molecule has 1 heterocycles. The molecule has 122 valence electrons. The van der Waals surface area contributed by atoms with Gasteiger partial charge >= 0.3 is 0 Å². The Morgan fingerprint density at radius 1 is 1.08 bits per heavy atom. The highest BCUT2D eigenvalue weighted by molar-refractivity contribution is 5.95. The number of ether oxygens (including phenoxy) is 1. The van der Waals surface area contributed by atoms with Gasteiger partial charge in [-0.1, -0.05) is 30.3 Å². The van der Waals surface area contributed by atoms with Crippen LogP contribution in [-0.2, 0) is 6.54 Å². The Labute approximate surface area is 140 Å². The van der Waals surface area contributed by atoms with Gasteiger partial charge in [0.2, 0.25) is 5.82 Å². The molecule has 24 heavy (non-hydrogen) atoms. The highest BCUT2D eigenvalue weighted by atomic mass is 16.5. The number of nitrogens with zero attached hydrogens (tertiary/aromatic N) is 4. The SMILES string of the molecule is CC(C)Oc1ccc(C(=O)Cn2nnc(-c3ccccc3)n2)cc1. The van der Waals surface area contributed by atoms with Crippen molar-refractivity contribution in [2.75, 3.05) is 0 Å². The van der Waals surface area contributed by atoms with E-state index in [1.54, 1.807) is 24.3 Å². The van der Waals surface area contributed by atoms with Crippen LogP contribution in [0.2, 0.25) is 0 Å². The summed E-state index contributed by atoms with van der Waals surface area (Å²) in [4.78, 5) is 13.6. The molecule has 0 N–H and O–H groups in total. The molecule has 0 aliphatic carbocycles. The number of carbonyl (C=O) groups is 1. The van der Waals surface area contributed by atoms with Gasteiger partial charge in [-0.15, -0.1) is 10.2 Å². The Bertz CT molecular complexity index is 811. The molecule has 3 aromatic rings. The van der Waals surface area contributed by atoms with Crippen molar-refractivity contribution in [1.29, 1.82) is 0 Å². The maximum absolute atomic E-state index is 12.3. The molecule has 0 bridgehead atoms. The summed E-state index contributed by atoms with van der Waals surface area (Å²) in [6.45, 7) is 3.96. The number of carbonyl (C=O) groups excluding carboxylic acids is 1. The predicted octanol–water partition coefficient (Wildman–Crippen LogP) is 3.01. The number of tetrazole rings is 1. The van der Waals surface area contributed by atoms with Crippen molar-refractivity contribution in [1.82, 2.24) is 20.2 Å². The van der Waals surface area contributed by atoms with Gasteiger partial charge in [0.05, 0.1) is 6.10 Å². The van der Waals surface area contributed by atoms with E-state index in [4.69, 9.17) is 4.74 Å². The summed E-state index contributed by atoms with van der Waals surface area (Å²) in [6, 6.07) is 16.6. The number of benzene rings is 2. The van der Waals surface area contributed by atoms with E-state index in [0.29, 0.717) is 11.4 Å². The van der Waals surface area contributed by atoms with Gasteiger partial charge in [-0.2, -0.15) is 4.80 Å². The van der Waals surface area contributed by atoms with Crippen molar-refractivity contribution in [2.45, 2.75) is 26.5 Å². The van der Waals surface area contributed by atoms with E-state index in [-0.39, 0.29) is 18.4 Å². The van der Waals surface area contributed by atoms with E-state index < -0.39 is 0 Å². The summed E-state index contributed by atoms with van der Waals surface area (Å²) in [5, 5.41) is 12.2. The first kappa shape index (κ1) is 15.9. The minimum atomic E-state index is -0.0805. The largest absolute Gasteiger partial charge is 0.491 e. The molecule has 0 saturated heterocycles. The number of ketones is 1. The van der Waals surface area contributed by atoms with Gasteiger partial charge in [0.1, 0.15) is 12.3 Å². The van der Waals surface area contributed by atoms with Crippen LogP contribution in [0.15, 0.2) is 54.6 Å². The van der Waals surface area contributed by atoms with Gasteiger partial charge in [0, 0.05) is 11.1 Å². The van der Waals surface area contributed by atoms with E-state index in [0.717, 1.165) is 11.3 Å². The number of rotatable bonds is 6. The summed E-state index contributed by atoms with van der Waals surface area (Å²) < 4.78 is 5.57. The second-order valence-corrected chi connectivity index (χ2v) is 5.62. The third-order valence-corrected chi connectivity index (χ3v) is 3.32. The van der Waals surface area contributed by atoms with Crippen LogP contribution in [0.5, 0.6) is 5.75 Å². The molecule has 2 aromatic carbocycles. The average molecular weight is 322 g/mol. The van der Waals surface area contributed by atoms with Crippen molar-refractivity contribution in [3.63, 3.8) is 0 Å². The van der Waals surface area contributed by atoms with E-state index in [1.807, 2.05) is 44.2 Å². The fraction of sp³-hybridized carbons (Fsp3) is 0.222. The smallest absolute Gasteiger partial charge is 0.204 e. The fourth-order valence-electron chi connectivity index (χ4n) is 2.22. The van der Waals surface area contributed by atoms with Crippen LogP contribution in [0.25, 0.3) is 11.4 Å². The molecule has 0 unspecified atom stereocenters. The summed E-state index contributed by atoms with van der Waals surface area (Å²) in [5.74, 6) is 1.17. The quantitative estimate of drug-likeness (QED) is 0.652. The molecule has 6 nitrogen and oxygen atoms in total. The van der Waals surface area contributed by atoms with Crippen LogP contribution < -0.4 is 4.74 Å². The Balaban J connectivity index is 1.68. The minimum absolute atomic E-state index is 0.0459. The maximum atomic E-state index is 12.3. The van der Waals surface area contributed by atoms with Crippen LogP contribution in [0.3, 0.4) is 0 Å². The average Bonchev–Trinajstić information content (AvgIpc) is 3.04. The van der Waals surface area contributed by atoms with Crippen LogP contribution in [-0.4, -0.2) is 32.1 Å². The second-order valence-electron chi connectivity index (χ2n) is 5.62. The summed E-state index contributed by atoms with van der Waals surface area (Å²) >= 11 is 0. The molecule has 0 aliphatic rings. The molecule has 0 saturated carbocycles. The summed E-state index contributed by atoms with van der Waals surface area (Å²) in [5.41, 5.74) is 1.45. The van der Waals surface area contributed by atoms with Crippen LogP contribution in [0.1, 0.15) is 24.2 Å². The molecule has 0 atom stereocenters. The maximum Gasteiger partial charge on any atom is 0.204 e. The number of hydrogen-bond acceptors (Lipinski definition) is 5. The Kier molecular flexibility index (Phi) is 4.65. The molecule has 0 aliphatic heterocycles. The van der Waals surface area contributed by atoms with Gasteiger partial charge in [-0.3, -0.25) is 4.79 Å². The first-order valence-corrected chi connectivity index (χ1v) is 7.75. The lowest BCUT2D eigenvalue weighted by atomic mass is 10.1. The molecule has 1 aromatic heterocycles. The number of Topliss-reactive ketones (excluding diaryl/α,β-unsaturated/α-hetero) is 1. The lowest BCUT2D eigenvalue weighted by Crippen LogP contribution is -2.13. The Morgan fingerprint density at radius 3 is 2.46 bits per heavy atom. The monoisotopic (exact) mass is 322 g/mol. The zero-order valence-electron chi connectivity index (χ0n) is 13.6. The van der Waals surface area contributed by atoms with Gasteiger partial charge in [-0.25, -0.2) is 0 Å². The molecule has 0 spiro atoms. The predicted molar refractivity (Wildman–Crippen MR) is 89.8 cm³/mol. The van der Waals surface area contributed by atoms with E-state index in [9.17, 15) is 4.79 Å². The first-order valence-electron chi connectivity index (χ1n) is 7.75. The molecule has 0 radical (unpaired) electrons. The first-order chi connectivity index (χ1) is 11.6. The van der Waals surface area contributed by atoms with Crippen LogP contribution in [0, 0.1) is 0 Å². The van der Waals surface area contributed by atoms with Gasteiger partial charge in [0.25, 0.3) is 0 Å². The van der Waals surface area contributed by atoms with Crippen molar-refractivity contribution in [2.24, 2.45) is 0 Å². The Hall–Kier alpha value is -3.02. The van der Waals surface area contributed by atoms with Crippen LogP contribution >= 0.6 is 0 Å². The highest BCUT2D eigenvalue weighted by Gasteiger charge is 2.11. The van der Waals surface area contributed by atoms with E-state index >= 15 is 0 Å². The molecular weight excluding hydrogens is 304 g/mol. The minimum Gasteiger partial charge on any atom is -0.491 e. The van der Waals surface area contributed by atoms with Gasteiger partial charge in [-0.05, 0) is 43.3 Å². The standard InChI is InChI=1S/C18H18N4O2/c1-13(2)24-16-10-8-14(9-11-16)17(23)12-22-20-18(19-21-22)15-6-4-3-5-7-15/h3-11,13H,12H2,1-2H3. The third-order valence-electron chi connectivity index (χ3n) is 3.32. The zero-order chi connectivity index (χ0) is 16.9. The highest BCUT2D eigenvalue weighted by Crippen LogP contribution is 2.15. The van der Waals surface area contributed by atoms with Crippen LogP contribution in [0.4, 0.5) is 0 Å². The van der Waals surface area contributed by atoms with Gasteiger partial charge in [0.15, 0.2) is 5.78 Å². The van der Waals surface area contributed by atoms with Crippen molar-refractivity contribution < 1.29 is 9.53 Å². The molecule has 3 rings (SSSR count). The lowest BCUT2D eigenvalue weighted by Gasteiger charge is -2.09.